The fraction of sp³-hybridized carbons (Fsp3) is 0.909. The molecule has 1 amide bonds. The van der Waals surface area contributed by atoms with Gasteiger partial charge < -0.3 is 19.5 Å². The van der Waals surface area contributed by atoms with E-state index in [2.05, 4.69) is 0 Å². The van der Waals surface area contributed by atoms with E-state index < -0.39 is 0 Å². The first-order valence-electron chi connectivity index (χ1n) is 5.56. The van der Waals surface area contributed by atoms with Crippen molar-refractivity contribution in [3.8, 4) is 0 Å². The zero-order chi connectivity index (χ0) is 12.2. The molecule has 1 heterocycles. The van der Waals surface area contributed by atoms with Crippen LogP contribution in [0, 0.1) is 0 Å². The summed E-state index contributed by atoms with van der Waals surface area (Å²) in [5.74, 6) is -0.0859. The second kappa shape index (κ2) is 5.61. The van der Waals surface area contributed by atoms with E-state index in [0.717, 1.165) is 0 Å². The molecule has 0 aromatic rings. The number of ether oxygens (including phenoxy) is 2. The maximum Gasteiger partial charge on any atom is 0.249 e. The third-order valence-electron chi connectivity index (χ3n) is 2.39. The van der Waals surface area contributed by atoms with Crippen LogP contribution in [0.1, 0.15) is 20.8 Å². The third-order valence-corrected chi connectivity index (χ3v) is 2.39. The standard InChI is InChI=1S/C11H21NO4/c1-11(2,3)16-8-10(14)12-4-5-15-7-9(12)6-13/h9,13H,4-8H2,1-3H3. The molecule has 5 heteroatoms. The molecule has 94 valence electrons. The molecule has 0 aliphatic carbocycles. The first-order chi connectivity index (χ1) is 7.44. The summed E-state index contributed by atoms with van der Waals surface area (Å²) in [6.07, 6.45) is 0. The maximum atomic E-state index is 11.8. The van der Waals surface area contributed by atoms with Crippen molar-refractivity contribution < 1.29 is 19.4 Å². The number of nitrogens with zero attached hydrogens (tertiary/aromatic N) is 1. The minimum absolute atomic E-state index is 0.0556. The lowest BCUT2D eigenvalue weighted by atomic mass is 10.2. The smallest absolute Gasteiger partial charge is 0.249 e. The van der Waals surface area contributed by atoms with Crippen LogP contribution >= 0.6 is 0 Å². The van der Waals surface area contributed by atoms with Gasteiger partial charge in [0.2, 0.25) is 5.91 Å². The van der Waals surface area contributed by atoms with Crippen LogP contribution in [0.4, 0.5) is 0 Å². The number of amides is 1. The Morgan fingerprint density at radius 1 is 1.56 bits per heavy atom. The quantitative estimate of drug-likeness (QED) is 0.744. The average Bonchev–Trinajstić information content (AvgIpc) is 2.25. The highest BCUT2D eigenvalue weighted by Gasteiger charge is 2.27. The molecule has 1 saturated heterocycles. The summed E-state index contributed by atoms with van der Waals surface area (Å²) in [6, 6.07) is -0.232. The molecule has 0 bridgehead atoms. The van der Waals surface area contributed by atoms with Gasteiger partial charge in [0.05, 0.1) is 31.5 Å². The number of rotatable bonds is 3. The van der Waals surface area contributed by atoms with Crippen LogP contribution in [0.3, 0.4) is 0 Å². The Kier molecular flexibility index (Phi) is 4.70. The highest BCUT2D eigenvalue weighted by Crippen LogP contribution is 2.10. The van der Waals surface area contributed by atoms with E-state index in [0.29, 0.717) is 19.8 Å². The van der Waals surface area contributed by atoms with Crippen LogP contribution in [-0.2, 0) is 14.3 Å². The number of hydrogen-bond acceptors (Lipinski definition) is 4. The number of carbonyl (C=O) groups is 1. The predicted molar refractivity (Wildman–Crippen MR) is 59.1 cm³/mol. The molecule has 1 unspecified atom stereocenters. The second-order valence-electron chi connectivity index (χ2n) is 4.90. The molecule has 1 atom stereocenters. The van der Waals surface area contributed by atoms with Gasteiger partial charge in [-0.05, 0) is 20.8 Å². The SMILES string of the molecule is CC(C)(C)OCC(=O)N1CCOCC1CO. The van der Waals surface area contributed by atoms with E-state index in [-0.39, 0.29) is 30.8 Å². The van der Waals surface area contributed by atoms with Crippen molar-refractivity contribution in [1.82, 2.24) is 4.90 Å². The zero-order valence-electron chi connectivity index (χ0n) is 10.2. The number of morpholine rings is 1. The zero-order valence-corrected chi connectivity index (χ0v) is 10.2. The molecule has 16 heavy (non-hydrogen) atoms. The van der Waals surface area contributed by atoms with E-state index in [1.165, 1.54) is 0 Å². The summed E-state index contributed by atoms with van der Waals surface area (Å²) < 4.78 is 10.6. The Morgan fingerprint density at radius 3 is 2.81 bits per heavy atom. The first kappa shape index (κ1) is 13.4. The van der Waals surface area contributed by atoms with Gasteiger partial charge in [0.25, 0.3) is 0 Å². The van der Waals surface area contributed by atoms with Gasteiger partial charge >= 0.3 is 0 Å². The molecule has 0 aromatic heterocycles. The molecule has 1 aliphatic heterocycles. The van der Waals surface area contributed by atoms with Crippen molar-refractivity contribution in [3.63, 3.8) is 0 Å². The minimum atomic E-state index is -0.323. The van der Waals surface area contributed by atoms with Crippen molar-refractivity contribution in [1.29, 1.82) is 0 Å². The van der Waals surface area contributed by atoms with Gasteiger partial charge in [-0.1, -0.05) is 0 Å². The topological polar surface area (TPSA) is 59.0 Å². The van der Waals surface area contributed by atoms with Crippen molar-refractivity contribution >= 4 is 5.91 Å². The summed E-state index contributed by atoms with van der Waals surface area (Å²) in [7, 11) is 0. The van der Waals surface area contributed by atoms with Crippen LogP contribution in [-0.4, -0.2) is 60.5 Å². The lowest BCUT2D eigenvalue weighted by molar-refractivity contribution is -0.151. The molecule has 0 aromatic carbocycles. The van der Waals surface area contributed by atoms with Crippen molar-refractivity contribution in [2.75, 3.05) is 33.0 Å². The second-order valence-corrected chi connectivity index (χ2v) is 4.90. The van der Waals surface area contributed by atoms with Crippen molar-refractivity contribution in [2.45, 2.75) is 32.4 Å². The van der Waals surface area contributed by atoms with Gasteiger partial charge in [-0.2, -0.15) is 0 Å². The molecule has 0 radical (unpaired) electrons. The van der Waals surface area contributed by atoms with Gasteiger partial charge in [-0.3, -0.25) is 4.79 Å². The fourth-order valence-corrected chi connectivity index (χ4v) is 1.50. The Labute approximate surface area is 96.3 Å². The minimum Gasteiger partial charge on any atom is -0.394 e. The summed E-state index contributed by atoms with van der Waals surface area (Å²) in [5, 5.41) is 9.12. The van der Waals surface area contributed by atoms with E-state index >= 15 is 0 Å². The van der Waals surface area contributed by atoms with Crippen molar-refractivity contribution in [3.05, 3.63) is 0 Å². The molecule has 1 fully saturated rings. The van der Waals surface area contributed by atoms with Gasteiger partial charge in [-0.25, -0.2) is 0 Å². The van der Waals surface area contributed by atoms with E-state index in [1.54, 1.807) is 4.90 Å². The Morgan fingerprint density at radius 2 is 2.25 bits per heavy atom. The Hall–Kier alpha value is -0.650. The van der Waals surface area contributed by atoms with Crippen LogP contribution in [0.25, 0.3) is 0 Å². The molecule has 1 aliphatic rings. The number of hydrogen-bond donors (Lipinski definition) is 1. The third kappa shape index (κ3) is 4.08. The van der Waals surface area contributed by atoms with E-state index in [9.17, 15) is 4.79 Å². The largest absolute Gasteiger partial charge is 0.394 e. The van der Waals surface area contributed by atoms with Crippen LogP contribution < -0.4 is 0 Å². The number of carbonyl (C=O) groups excluding carboxylic acids is 1. The Balaban J connectivity index is 2.45. The first-order valence-corrected chi connectivity index (χ1v) is 5.56. The van der Waals surface area contributed by atoms with E-state index in [1.807, 2.05) is 20.8 Å². The highest BCUT2D eigenvalue weighted by atomic mass is 16.5. The molecule has 5 nitrogen and oxygen atoms in total. The molecular weight excluding hydrogens is 210 g/mol. The summed E-state index contributed by atoms with van der Waals surface area (Å²) in [6.45, 7) is 7.16. The van der Waals surface area contributed by atoms with Gasteiger partial charge in [0.1, 0.15) is 6.61 Å². The maximum absolute atomic E-state index is 11.8. The Bertz CT molecular complexity index is 237. The molecule has 0 spiro atoms. The number of aliphatic hydroxyl groups excluding tert-OH is 1. The monoisotopic (exact) mass is 231 g/mol. The molecule has 0 saturated carbocycles. The van der Waals surface area contributed by atoms with Crippen LogP contribution in [0.5, 0.6) is 0 Å². The van der Waals surface area contributed by atoms with E-state index in [4.69, 9.17) is 14.6 Å². The summed E-state index contributed by atoms with van der Waals surface area (Å²) in [4.78, 5) is 13.5. The van der Waals surface area contributed by atoms with Crippen LogP contribution in [0.2, 0.25) is 0 Å². The number of aliphatic hydroxyl groups is 1. The summed E-state index contributed by atoms with van der Waals surface area (Å²) in [5.41, 5.74) is -0.323. The van der Waals surface area contributed by atoms with Gasteiger partial charge in [0, 0.05) is 6.54 Å². The lowest BCUT2D eigenvalue weighted by Gasteiger charge is -2.35. The molecule has 1 rings (SSSR count). The molecule has 1 N–H and O–H groups in total. The lowest BCUT2D eigenvalue weighted by Crippen LogP contribution is -2.52. The predicted octanol–water partition coefficient (Wildman–Crippen LogP) is 0.0212. The van der Waals surface area contributed by atoms with Gasteiger partial charge in [0.15, 0.2) is 0 Å². The van der Waals surface area contributed by atoms with Crippen molar-refractivity contribution in [2.24, 2.45) is 0 Å². The summed E-state index contributed by atoms with van der Waals surface area (Å²) >= 11 is 0. The van der Waals surface area contributed by atoms with Gasteiger partial charge in [-0.15, -0.1) is 0 Å². The van der Waals surface area contributed by atoms with Crippen LogP contribution in [0.15, 0.2) is 0 Å². The average molecular weight is 231 g/mol. The highest BCUT2D eigenvalue weighted by molar-refractivity contribution is 5.78. The molecular formula is C11H21NO4. The fourth-order valence-electron chi connectivity index (χ4n) is 1.50. The normalized spacial score (nSPS) is 22.2.